The first-order valence-corrected chi connectivity index (χ1v) is 6.86. The van der Waals surface area contributed by atoms with Crippen molar-refractivity contribution >= 4 is 5.91 Å². The predicted molar refractivity (Wildman–Crippen MR) is 77.2 cm³/mol. The number of benzene rings is 1. The van der Waals surface area contributed by atoms with Crippen LogP contribution in [0, 0.1) is 0 Å². The molecule has 2 atom stereocenters. The fourth-order valence-corrected chi connectivity index (χ4v) is 2.19. The summed E-state index contributed by atoms with van der Waals surface area (Å²) >= 11 is 0. The van der Waals surface area contributed by atoms with Gasteiger partial charge in [-0.2, -0.15) is 0 Å². The highest BCUT2D eigenvalue weighted by Gasteiger charge is 2.37. The van der Waals surface area contributed by atoms with E-state index >= 15 is 0 Å². The molecule has 0 saturated heterocycles. The summed E-state index contributed by atoms with van der Waals surface area (Å²) in [6, 6.07) is 10.9. The van der Waals surface area contributed by atoms with Gasteiger partial charge in [-0.1, -0.05) is 30.3 Å². The van der Waals surface area contributed by atoms with E-state index in [1.807, 2.05) is 20.2 Å². The standard InChI is InChI=1S/C15H23N3O/c1-18(2)9-8-16-15(19)11-17-14-10-13(14)12-6-4-3-5-7-12/h3-7,13-14,17H,8-11H2,1-2H3,(H,16,19)/t13-,14+/m0/s1. The van der Waals surface area contributed by atoms with Crippen LogP contribution < -0.4 is 10.6 Å². The maximum Gasteiger partial charge on any atom is 0.234 e. The second-order valence-corrected chi connectivity index (χ2v) is 5.39. The van der Waals surface area contributed by atoms with Gasteiger partial charge in [0, 0.05) is 25.0 Å². The van der Waals surface area contributed by atoms with E-state index in [1.54, 1.807) is 0 Å². The predicted octanol–water partition coefficient (Wildman–Crippen LogP) is 0.810. The van der Waals surface area contributed by atoms with Crippen molar-refractivity contribution in [1.82, 2.24) is 15.5 Å². The molecule has 1 aliphatic rings. The maximum atomic E-state index is 11.6. The van der Waals surface area contributed by atoms with Gasteiger partial charge in [0.25, 0.3) is 0 Å². The number of carbonyl (C=O) groups excluding carboxylic acids is 1. The summed E-state index contributed by atoms with van der Waals surface area (Å²) in [5.74, 6) is 0.663. The summed E-state index contributed by atoms with van der Waals surface area (Å²) in [7, 11) is 4.00. The van der Waals surface area contributed by atoms with E-state index in [-0.39, 0.29) is 5.91 Å². The van der Waals surface area contributed by atoms with Crippen LogP contribution in [0.15, 0.2) is 30.3 Å². The minimum atomic E-state index is 0.0839. The van der Waals surface area contributed by atoms with E-state index in [4.69, 9.17) is 0 Å². The van der Waals surface area contributed by atoms with Gasteiger partial charge < -0.3 is 15.5 Å². The second kappa shape index (κ2) is 6.68. The van der Waals surface area contributed by atoms with Crippen molar-refractivity contribution < 1.29 is 4.79 Å². The van der Waals surface area contributed by atoms with Gasteiger partial charge in [0.05, 0.1) is 6.54 Å². The first kappa shape index (κ1) is 14.0. The number of carbonyl (C=O) groups is 1. The molecule has 4 nitrogen and oxygen atoms in total. The minimum absolute atomic E-state index is 0.0839. The van der Waals surface area contributed by atoms with Gasteiger partial charge in [-0.15, -0.1) is 0 Å². The first-order valence-electron chi connectivity index (χ1n) is 6.86. The highest BCUT2D eigenvalue weighted by Crippen LogP contribution is 2.40. The van der Waals surface area contributed by atoms with Gasteiger partial charge in [0.15, 0.2) is 0 Å². The van der Waals surface area contributed by atoms with Crippen LogP contribution in [0.1, 0.15) is 17.9 Å². The van der Waals surface area contributed by atoms with Gasteiger partial charge in [0.2, 0.25) is 5.91 Å². The van der Waals surface area contributed by atoms with Crippen LogP contribution in [0.4, 0.5) is 0 Å². The third-order valence-corrected chi connectivity index (χ3v) is 3.42. The van der Waals surface area contributed by atoms with Gasteiger partial charge in [-0.25, -0.2) is 0 Å². The molecule has 1 fully saturated rings. The Hall–Kier alpha value is -1.39. The van der Waals surface area contributed by atoms with Crippen LogP contribution in [0.25, 0.3) is 0 Å². The normalized spacial score (nSPS) is 21.4. The topological polar surface area (TPSA) is 44.4 Å². The number of rotatable bonds is 7. The Bertz CT molecular complexity index is 405. The lowest BCUT2D eigenvalue weighted by atomic mass is 10.1. The molecule has 0 radical (unpaired) electrons. The number of likely N-dealkylation sites (N-methyl/N-ethyl adjacent to an activating group) is 1. The van der Waals surface area contributed by atoms with Gasteiger partial charge >= 0.3 is 0 Å². The van der Waals surface area contributed by atoms with Crippen LogP contribution in [-0.4, -0.2) is 50.6 Å². The molecule has 1 saturated carbocycles. The lowest BCUT2D eigenvalue weighted by Gasteiger charge is -2.10. The number of nitrogens with zero attached hydrogens (tertiary/aromatic N) is 1. The monoisotopic (exact) mass is 261 g/mol. The van der Waals surface area contributed by atoms with E-state index in [0.717, 1.165) is 13.0 Å². The van der Waals surface area contributed by atoms with Crippen molar-refractivity contribution in [2.75, 3.05) is 33.7 Å². The summed E-state index contributed by atoms with van der Waals surface area (Å²) in [6.07, 6.45) is 1.13. The van der Waals surface area contributed by atoms with Crippen molar-refractivity contribution in [3.63, 3.8) is 0 Å². The van der Waals surface area contributed by atoms with Crippen LogP contribution in [0.5, 0.6) is 0 Å². The highest BCUT2D eigenvalue weighted by atomic mass is 16.1. The van der Waals surface area contributed by atoms with Crippen molar-refractivity contribution in [3.8, 4) is 0 Å². The van der Waals surface area contributed by atoms with E-state index in [9.17, 15) is 4.79 Å². The molecule has 19 heavy (non-hydrogen) atoms. The molecule has 2 N–H and O–H groups in total. The molecule has 1 aromatic rings. The van der Waals surface area contributed by atoms with E-state index in [2.05, 4.69) is 39.8 Å². The molecule has 0 aromatic heterocycles. The summed E-state index contributed by atoms with van der Waals surface area (Å²) in [5.41, 5.74) is 1.37. The Morgan fingerprint density at radius 1 is 1.32 bits per heavy atom. The van der Waals surface area contributed by atoms with Crippen molar-refractivity contribution in [2.24, 2.45) is 0 Å². The van der Waals surface area contributed by atoms with Crippen LogP contribution in [-0.2, 0) is 4.79 Å². The largest absolute Gasteiger partial charge is 0.354 e. The van der Waals surface area contributed by atoms with Crippen LogP contribution in [0.3, 0.4) is 0 Å². The van der Waals surface area contributed by atoms with Crippen molar-refractivity contribution in [1.29, 1.82) is 0 Å². The van der Waals surface area contributed by atoms with Gasteiger partial charge in [0.1, 0.15) is 0 Å². The highest BCUT2D eigenvalue weighted by molar-refractivity contribution is 5.78. The second-order valence-electron chi connectivity index (χ2n) is 5.39. The molecule has 0 bridgehead atoms. The summed E-state index contributed by atoms with van der Waals surface area (Å²) in [4.78, 5) is 13.7. The van der Waals surface area contributed by atoms with E-state index in [1.165, 1.54) is 5.56 Å². The van der Waals surface area contributed by atoms with Crippen LogP contribution in [0.2, 0.25) is 0 Å². The lowest BCUT2D eigenvalue weighted by molar-refractivity contribution is -0.120. The average molecular weight is 261 g/mol. The molecule has 0 aliphatic heterocycles. The minimum Gasteiger partial charge on any atom is -0.354 e. The molecule has 1 aliphatic carbocycles. The Morgan fingerprint density at radius 3 is 2.74 bits per heavy atom. The zero-order valence-electron chi connectivity index (χ0n) is 11.7. The van der Waals surface area contributed by atoms with E-state index in [0.29, 0.717) is 25.0 Å². The molecule has 0 heterocycles. The first-order chi connectivity index (χ1) is 9.16. The number of hydrogen-bond donors (Lipinski definition) is 2. The number of nitrogens with one attached hydrogen (secondary N) is 2. The number of hydrogen-bond acceptors (Lipinski definition) is 3. The Morgan fingerprint density at radius 2 is 2.05 bits per heavy atom. The quantitative estimate of drug-likeness (QED) is 0.763. The average Bonchev–Trinajstić information content (AvgIpc) is 3.16. The van der Waals surface area contributed by atoms with Gasteiger partial charge in [-0.05, 0) is 26.1 Å². The fourth-order valence-electron chi connectivity index (χ4n) is 2.19. The summed E-state index contributed by atoms with van der Waals surface area (Å²) in [5, 5.41) is 6.23. The molecular weight excluding hydrogens is 238 g/mol. The molecular formula is C15H23N3O. The van der Waals surface area contributed by atoms with E-state index < -0.39 is 0 Å². The maximum absolute atomic E-state index is 11.6. The molecule has 104 valence electrons. The SMILES string of the molecule is CN(C)CCNC(=O)CN[C@@H]1C[C@H]1c1ccccc1. The Labute approximate surface area is 115 Å². The Kier molecular flexibility index (Phi) is 4.93. The van der Waals surface area contributed by atoms with Gasteiger partial charge in [-0.3, -0.25) is 4.79 Å². The molecule has 4 heteroatoms. The summed E-state index contributed by atoms with van der Waals surface area (Å²) < 4.78 is 0. The summed E-state index contributed by atoms with van der Waals surface area (Å²) in [6.45, 7) is 2.00. The third kappa shape index (κ3) is 4.65. The van der Waals surface area contributed by atoms with Crippen molar-refractivity contribution in [3.05, 3.63) is 35.9 Å². The number of amides is 1. The molecule has 0 spiro atoms. The zero-order chi connectivity index (χ0) is 13.7. The molecule has 1 aromatic carbocycles. The molecule has 0 unspecified atom stereocenters. The fraction of sp³-hybridized carbons (Fsp3) is 0.533. The lowest BCUT2D eigenvalue weighted by Crippen LogP contribution is -2.38. The van der Waals surface area contributed by atoms with Crippen molar-refractivity contribution in [2.45, 2.75) is 18.4 Å². The molecule has 2 rings (SSSR count). The Balaban J connectivity index is 1.61. The molecule has 1 amide bonds. The zero-order valence-corrected chi connectivity index (χ0v) is 11.7. The smallest absolute Gasteiger partial charge is 0.234 e. The van der Waals surface area contributed by atoms with Crippen LogP contribution >= 0.6 is 0 Å². The third-order valence-electron chi connectivity index (χ3n) is 3.42.